The molecule has 0 radical (unpaired) electrons. The molecule has 0 aromatic carbocycles. The minimum absolute atomic E-state index is 0.309. The highest BCUT2D eigenvalue weighted by Gasteiger charge is 2.26. The number of hydrogen-bond acceptors (Lipinski definition) is 5. The van der Waals surface area contributed by atoms with Crippen molar-refractivity contribution < 1.29 is 9.21 Å². The van der Waals surface area contributed by atoms with Gasteiger partial charge >= 0.3 is 0 Å². The summed E-state index contributed by atoms with van der Waals surface area (Å²) >= 11 is 0. The van der Waals surface area contributed by atoms with Gasteiger partial charge in [0.05, 0.1) is 12.1 Å². The van der Waals surface area contributed by atoms with Crippen LogP contribution in [0.25, 0.3) is 0 Å². The third-order valence-electron chi connectivity index (χ3n) is 4.67. The maximum atomic E-state index is 11.4. The zero-order valence-electron chi connectivity index (χ0n) is 12.4. The Morgan fingerprint density at radius 3 is 2.67 bits per heavy atom. The average molecular weight is 292 g/mol. The summed E-state index contributed by atoms with van der Waals surface area (Å²) < 4.78 is 5.45. The Balaban J connectivity index is 1.48. The Kier molecular flexibility index (Phi) is 4.57. The van der Waals surface area contributed by atoms with E-state index in [2.05, 4.69) is 15.2 Å². The first-order chi connectivity index (χ1) is 10.3. The van der Waals surface area contributed by atoms with Crippen molar-refractivity contribution in [1.29, 1.82) is 0 Å². The predicted octanol–water partition coefficient (Wildman–Crippen LogP) is 0.943. The molecule has 1 aromatic heterocycles. The van der Waals surface area contributed by atoms with E-state index in [0.29, 0.717) is 5.56 Å². The van der Waals surface area contributed by atoms with Crippen LogP contribution in [0.4, 0.5) is 0 Å². The van der Waals surface area contributed by atoms with Gasteiger partial charge in [-0.3, -0.25) is 20.0 Å². The van der Waals surface area contributed by atoms with Crippen molar-refractivity contribution in [1.82, 2.24) is 15.2 Å². The molecule has 0 unspecified atom stereocenters. The van der Waals surface area contributed by atoms with E-state index in [0.717, 1.165) is 44.5 Å². The second-order valence-electron chi connectivity index (χ2n) is 6.03. The Morgan fingerprint density at radius 1 is 1.29 bits per heavy atom. The molecule has 2 fully saturated rings. The molecule has 1 saturated heterocycles. The zero-order chi connectivity index (χ0) is 14.7. The molecule has 1 aromatic rings. The topological polar surface area (TPSA) is 74.7 Å². The SMILES string of the molecule is NNC(=O)c1coc(CN2CCN(C3CCCC3)CC2)c1. The van der Waals surface area contributed by atoms with E-state index < -0.39 is 0 Å². The minimum Gasteiger partial charge on any atom is -0.467 e. The monoisotopic (exact) mass is 292 g/mol. The van der Waals surface area contributed by atoms with Gasteiger partial charge in [-0.2, -0.15) is 0 Å². The molecule has 1 saturated carbocycles. The van der Waals surface area contributed by atoms with Crippen LogP contribution < -0.4 is 11.3 Å². The average Bonchev–Trinajstić information content (AvgIpc) is 3.18. The van der Waals surface area contributed by atoms with Crippen LogP contribution in [-0.4, -0.2) is 47.9 Å². The molecule has 6 heteroatoms. The fourth-order valence-electron chi connectivity index (χ4n) is 3.44. The lowest BCUT2D eigenvalue weighted by molar-refractivity contribution is 0.0894. The van der Waals surface area contributed by atoms with Crippen LogP contribution in [0.5, 0.6) is 0 Å². The third-order valence-corrected chi connectivity index (χ3v) is 4.67. The Hall–Kier alpha value is -1.37. The molecular weight excluding hydrogens is 268 g/mol. The molecule has 116 valence electrons. The standard InChI is InChI=1S/C15H24N4O2/c16-17-15(20)12-9-14(21-11-12)10-18-5-7-19(8-6-18)13-3-1-2-4-13/h9,11,13H,1-8,10,16H2,(H,17,20). The van der Waals surface area contributed by atoms with E-state index in [1.165, 1.54) is 31.9 Å². The third kappa shape index (κ3) is 3.45. The van der Waals surface area contributed by atoms with Gasteiger partial charge < -0.3 is 4.42 Å². The smallest absolute Gasteiger partial charge is 0.268 e. The van der Waals surface area contributed by atoms with Crippen LogP contribution in [-0.2, 0) is 6.54 Å². The number of rotatable bonds is 4. The van der Waals surface area contributed by atoms with E-state index in [1.54, 1.807) is 6.07 Å². The predicted molar refractivity (Wildman–Crippen MR) is 79.5 cm³/mol. The fourth-order valence-corrected chi connectivity index (χ4v) is 3.44. The van der Waals surface area contributed by atoms with Gasteiger partial charge in [-0.15, -0.1) is 0 Å². The highest BCUT2D eigenvalue weighted by Crippen LogP contribution is 2.24. The Labute approximate surface area is 125 Å². The van der Waals surface area contributed by atoms with Crippen LogP contribution in [0.15, 0.2) is 16.7 Å². The van der Waals surface area contributed by atoms with E-state index in [-0.39, 0.29) is 5.91 Å². The number of amides is 1. The van der Waals surface area contributed by atoms with Crippen molar-refractivity contribution in [2.45, 2.75) is 38.3 Å². The first-order valence-electron chi connectivity index (χ1n) is 7.81. The quantitative estimate of drug-likeness (QED) is 0.491. The van der Waals surface area contributed by atoms with Gasteiger partial charge in [-0.1, -0.05) is 12.8 Å². The molecule has 6 nitrogen and oxygen atoms in total. The maximum absolute atomic E-state index is 11.4. The van der Waals surface area contributed by atoms with Crippen LogP contribution in [0.2, 0.25) is 0 Å². The maximum Gasteiger partial charge on any atom is 0.268 e. The lowest BCUT2D eigenvalue weighted by Gasteiger charge is -2.37. The van der Waals surface area contributed by atoms with E-state index in [1.807, 2.05) is 0 Å². The molecule has 1 amide bonds. The van der Waals surface area contributed by atoms with Gasteiger partial charge in [0.2, 0.25) is 0 Å². The minimum atomic E-state index is -0.309. The summed E-state index contributed by atoms with van der Waals surface area (Å²) in [4.78, 5) is 16.4. The summed E-state index contributed by atoms with van der Waals surface area (Å²) in [6.07, 6.45) is 6.99. The van der Waals surface area contributed by atoms with Gasteiger partial charge in [0, 0.05) is 32.2 Å². The van der Waals surface area contributed by atoms with Gasteiger partial charge in [-0.25, -0.2) is 5.84 Å². The first-order valence-corrected chi connectivity index (χ1v) is 7.81. The van der Waals surface area contributed by atoms with Crippen LogP contribution in [0.3, 0.4) is 0 Å². The molecule has 0 spiro atoms. The highest BCUT2D eigenvalue weighted by molar-refractivity contribution is 5.93. The summed E-state index contributed by atoms with van der Waals surface area (Å²) in [6.45, 7) is 5.17. The van der Waals surface area contributed by atoms with Crippen molar-refractivity contribution in [3.05, 3.63) is 23.7 Å². The van der Waals surface area contributed by atoms with Gasteiger partial charge in [0.15, 0.2) is 0 Å². The van der Waals surface area contributed by atoms with Crippen molar-refractivity contribution in [3.63, 3.8) is 0 Å². The summed E-state index contributed by atoms with van der Waals surface area (Å²) in [6, 6.07) is 2.58. The molecule has 1 aliphatic heterocycles. The van der Waals surface area contributed by atoms with Gasteiger partial charge in [-0.05, 0) is 18.9 Å². The van der Waals surface area contributed by atoms with Crippen molar-refractivity contribution >= 4 is 5.91 Å². The van der Waals surface area contributed by atoms with Crippen LogP contribution >= 0.6 is 0 Å². The molecule has 2 heterocycles. The van der Waals surface area contributed by atoms with Crippen molar-refractivity contribution in [2.75, 3.05) is 26.2 Å². The molecule has 1 aliphatic carbocycles. The Bertz CT molecular complexity index is 474. The lowest BCUT2D eigenvalue weighted by atomic mass is 10.2. The number of nitrogens with zero attached hydrogens (tertiary/aromatic N) is 2. The lowest BCUT2D eigenvalue weighted by Crippen LogP contribution is -2.49. The zero-order valence-corrected chi connectivity index (χ0v) is 12.4. The second-order valence-corrected chi connectivity index (χ2v) is 6.03. The summed E-state index contributed by atoms with van der Waals surface area (Å²) in [5, 5.41) is 0. The number of hydrogen-bond donors (Lipinski definition) is 2. The molecule has 2 aliphatic rings. The summed E-state index contributed by atoms with van der Waals surface area (Å²) in [5.74, 6) is 5.63. The molecule has 3 N–H and O–H groups in total. The number of nitrogens with two attached hydrogens (primary N) is 1. The number of nitrogen functional groups attached to an aromatic ring is 1. The van der Waals surface area contributed by atoms with E-state index in [9.17, 15) is 4.79 Å². The van der Waals surface area contributed by atoms with E-state index >= 15 is 0 Å². The fraction of sp³-hybridized carbons (Fsp3) is 0.667. The number of furan rings is 1. The summed E-state index contributed by atoms with van der Waals surface area (Å²) in [7, 11) is 0. The molecular formula is C15H24N4O2. The van der Waals surface area contributed by atoms with E-state index in [4.69, 9.17) is 10.3 Å². The number of nitrogens with one attached hydrogen (secondary N) is 1. The number of carbonyl (C=O) groups is 1. The largest absolute Gasteiger partial charge is 0.467 e. The highest BCUT2D eigenvalue weighted by atomic mass is 16.3. The second kappa shape index (κ2) is 6.60. The molecule has 3 rings (SSSR count). The van der Waals surface area contributed by atoms with Crippen molar-refractivity contribution in [2.24, 2.45) is 5.84 Å². The number of piperazine rings is 1. The molecule has 0 bridgehead atoms. The van der Waals surface area contributed by atoms with Crippen LogP contribution in [0.1, 0.15) is 41.8 Å². The number of carbonyl (C=O) groups excluding carboxylic acids is 1. The number of hydrazine groups is 1. The van der Waals surface area contributed by atoms with Gasteiger partial charge in [0.1, 0.15) is 12.0 Å². The van der Waals surface area contributed by atoms with Crippen LogP contribution in [0, 0.1) is 0 Å². The first kappa shape index (κ1) is 14.6. The molecule has 0 atom stereocenters. The molecule has 21 heavy (non-hydrogen) atoms. The normalized spacial score (nSPS) is 21.8. The van der Waals surface area contributed by atoms with Gasteiger partial charge in [0.25, 0.3) is 5.91 Å². The Morgan fingerprint density at radius 2 is 2.00 bits per heavy atom. The van der Waals surface area contributed by atoms with Crippen molar-refractivity contribution in [3.8, 4) is 0 Å². The summed E-state index contributed by atoms with van der Waals surface area (Å²) in [5.41, 5.74) is 2.60.